The van der Waals surface area contributed by atoms with Crippen LogP contribution in [0.2, 0.25) is 0 Å². The maximum atomic E-state index is 9.14. The molecular formula is C15H27N3. The summed E-state index contributed by atoms with van der Waals surface area (Å²) >= 11 is 0. The van der Waals surface area contributed by atoms with E-state index in [-0.39, 0.29) is 5.92 Å². The fraction of sp³-hybridized carbons (Fsp3) is 0.933. The molecule has 0 aromatic carbocycles. The van der Waals surface area contributed by atoms with Crippen LogP contribution >= 0.6 is 0 Å². The highest BCUT2D eigenvalue weighted by molar-refractivity contribution is 4.94. The Kier molecular flexibility index (Phi) is 5.46. The normalized spacial score (nSPS) is 31.1. The topological polar surface area (TPSA) is 39.1 Å². The average molecular weight is 249 g/mol. The number of likely N-dealkylation sites (tertiary alicyclic amines) is 1. The van der Waals surface area contributed by atoms with Crippen LogP contribution in [0.4, 0.5) is 0 Å². The van der Waals surface area contributed by atoms with Gasteiger partial charge in [0.05, 0.1) is 12.0 Å². The molecule has 2 atom stereocenters. The summed E-state index contributed by atoms with van der Waals surface area (Å²) in [5, 5.41) is 12.8. The number of hydrogen-bond acceptors (Lipinski definition) is 3. The molecule has 2 fully saturated rings. The van der Waals surface area contributed by atoms with Gasteiger partial charge in [0.2, 0.25) is 0 Å². The second kappa shape index (κ2) is 7.11. The maximum absolute atomic E-state index is 9.14. The lowest BCUT2D eigenvalue weighted by molar-refractivity contribution is 0.207. The van der Waals surface area contributed by atoms with Gasteiger partial charge < -0.3 is 10.2 Å². The van der Waals surface area contributed by atoms with Gasteiger partial charge in [-0.1, -0.05) is 12.8 Å². The minimum Gasteiger partial charge on any atom is -0.313 e. The third-order valence-corrected chi connectivity index (χ3v) is 4.73. The highest BCUT2D eigenvalue weighted by Crippen LogP contribution is 2.24. The van der Waals surface area contributed by atoms with Gasteiger partial charge in [-0.05, 0) is 64.7 Å². The molecule has 0 aromatic rings. The monoisotopic (exact) mass is 249 g/mol. The van der Waals surface area contributed by atoms with E-state index in [1.54, 1.807) is 0 Å². The van der Waals surface area contributed by atoms with Gasteiger partial charge in [-0.3, -0.25) is 0 Å². The molecule has 2 aliphatic rings. The molecule has 0 radical (unpaired) electrons. The predicted octanol–water partition coefficient (Wildman–Crippen LogP) is 2.39. The second-order valence-electron chi connectivity index (χ2n) is 6.12. The summed E-state index contributed by atoms with van der Waals surface area (Å²) < 4.78 is 0. The van der Waals surface area contributed by atoms with E-state index in [0.29, 0.717) is 6.04 Å². The largest absolute Gasteiger partial charge is 0.313 e. The molecule has 1 N–H and O–H groups in total. The van der Waals surface area contributed by atoms with Crippen LogP contribution in [0.1, 0.15) is 44.9 Å². The average Bonchev–Trinajstić information content (AvgIpc) is 2.41. The van der Waals surface area contributed by atoms with Crippen molar-refractivity contribution >= 4 is 0 Å². The Morgan fingerprint density at radius 3 is 2.61 bits per heavy atom. The van der Waals surface area contributed by atoms with Crippen LogP contribution in [0.5, 0.6) is 0 Å². The fourth-order valence-electron chi connectivity index (χ4n) is 3.35. The van der Waals surface area contributed by atoms with Gasteiger partial charge >= 0.3 is 0 Å². The third-order valence-electron chi connectivity index (χ3n) is 4.73. The summed E-state index contributed by atoms with van der Waals surface area (Å²) in [6.07, 6.45) is 8.83. The highest BCUT2D eigenvalue weighted by atomic mass is 15.1. The Morgan fingerprint density at radius 1 is 1.17 bits per heavy atom. The molecule has 0 aromatic heterocycles. The van der Waals surface area contributed by atoms with Crippen molar-refractivity contribution in [2.45, 2.75) is 51.0 Å². The number of nitrogens with zero attached hydrogens (tertiary/aromatic N) is 2. The third kappa shape index (κ3) is 3.96. The van der Waals surface area contributed by atoms with Crippen molar-refractivity contribution in [1.82, 2.24) is 10.2 Å². The van der Waals surface area contributed by atoms with E-state index in [1.165, 1.54) is 51.6 Å². The molecule has 3 heteroatoms. The van der Waals surface area contributed by atoms with Crippen LogP contribution in [0.15, 0.2) is 0 Å². The van der Waals surface area contributed by atoms with Crippen LogP contribution in [0, 0.1) is 23.2 Å². The van der Waals surface area contributed by atoms with E-state index < -0.39 is 0 Å². The Bertz CT molecular complexity index is 276. The van der Waals surface area contributed by atoms with Crippen molar-refractivity contribution in [3.05, 3.63) is 0 Å². The molecule has 1 saturated heterocycles. The summed E-state index contributed by atoms with van der Waals surface area (Å²) in [5.74, 6) is 1.16. The van der Waals surface area contributed by atoms with Crippen molar-refractivity contribution in [3.8, 4) is 6.07 Å². The molecule has 18 heavy (non-hydrogen) atoms. The number of nitrogens with one attached hydrogen (secondary N) is 1. The summed E-state index contributed by atoms with van der Waals surface area (Å²) in [5.41, 5.74) is 0. The Hall–Kier alpha value is -0.590. The number of nitriles is 1. The van der Waals surface area contributed by atoms with Gasteiger partial charge in [-0.25, -0.2) is 0 Å². The van der Waals surface area contributed by atoms with E-state index in [4.69, 9.17) is 5.26 Å². The standard InChI is InChI=1S/C15H27N3/c1-18-10-7-13(8-11-18)6-9-17-15-5-3-2-4-14(15)12-16/h13-15,17H,2-11H2,1H3. The van der Waals surface area contributed by atoms with Gasteiger partial charge in [-0.2, -0.15) is 5.26 Å². The number of rotatable bonds is 4. The molecule has 0 spiro atoms. The minimum absolute atomic E-state index is 0.260. The molecule has 1 aliphatic heterocycles. The van der Waals surface area contributed by atoms with Crippen LogP contribution in [0.25, 0.3) is 0 Å². The van der Waals surface area contributed by atoms with Crippen LogP contribution < -0.4 is 5.32 Å². The SMILES string of the molecule is CN1CCC(CCNC2CCCCC2C#N)CC1. The molecule has 3 nitrogen and oxygen atoms in total. The van der Waals surface area contributed by atoms with E-state index in [2.05, 4.69) is 23.3 Å². The van der Waals surface area contributed by atoms with Gasteiger partial charge in [0.25, 0.3) is 0 Å². The van der Waals surface area contributed by atoms with Crippen molar-refractivity contribution < 1.29 is 0 Å². The lowest BCUT2D eigenvalue weighted by atomic mass is 9.85. The zero-order chi connectivity index (χ0) is 12.8. The van der Waals surface area contributed by atoms with Gasteiger partial charge in [0.1, 0.15) is 0 Å². The first-order valence-electron chi connectivity index (χ1n) is 7.61. The first-order chi connectivity index (χ1) is 8.79. The fourth-order valence-corrected chi connectivity index (χ4v) is 3.35. The summed E-state index contributed by atoms with van der Waals surface area (Å²) in [7, 11) is 2.22. The molecule has 2 unspecified atom stereocenters. The van der Waals surface area contributed by atoms with Crippen molar-refractivity contribution in [3.63, 3.8) is 0 Å². The lowest BCUT2D eigenvalue weighted by Crippen LogP contribution is -2.39. The van der Waals surface area contributed by atoms with Gasteiger partial charge in [0.15, 0.2) is 0 Å². The first kappa shape index (κ1) is 13.8. The molecule has 2 rings (SSSR count). The van der Waals surface area contributed by atoms with E-state index in [0.717, 1.165) is 18.9 Å². The lowest BCUT2D eigenvalue weighted by Gasteiger charge is -2.31. The first-order valence-corrected chi connectivity index (χ1v) is 7.61. The molecule has 1 aliphatic carbocycles. The summed E-state index contributed by atoms with van der Waals surface area (Å²) in [6.45, 7) is 3.63. The molecule has 0 amide bonds. The van der Waals surface area contributed by atoms with Crippen molar-refractivity contribution in [2.24, 2.45) is 11.8 Å². The molecule has 1 saturated carbocycles. The van der Waals surface area contributed by atoms with Crippen LogP contribution in [-0.4, -0.2) is 37.6 Å². The van der Waals surface area contributed by atoms with Gasteiger partial charge in [-0.15, -0.1) is 0 Å². The highest BCUT2D eigenvalue weighted by Gasteiger charge is 2.24. The molecule has 1 heterocycles. The second-order valence-corrected chi connectivity index (χ2v) is 6.12. The van der Waals surface area contributed by atoms with Crippen molar-refractivity contribution in [2.75, 3.05) is 26.7 Å². The predicted molar refractivity (Wildman–Crippen MR) is 74.2 cm³/mol. The summed E-state index contributed by atoms with van der Waals surface area (Å²) in [4.78, 5) is 2.43. The Morgan fingerprint density at radius 2 is 1.89 bits per heavy atom. The van der Waals surface area contributed by atoms with E-state index in [9.17, 15) is 0 Å². The number of piperidine rings is 1. The maximum Gasteiger partial charge on any atom is 0.0672 e. The quantitative estimate of drug-likeness (QED) is 0.831. The van der Waals surface area contributed by atoms with Gasteiger partial charge in [0, 0.05) is 6.04 Å². The zero-order valence-electron chi connectivity index (χ0n) is 11.7. The van der Waals surface area contributed by atoms with E-state index >= 15 is 0 Å². The van der Waals surface area contributed by atoms with Crippen molar-refractivity contribution in [1.29, 1.82) is 5.26 Å². The molecular weight excluding hydrogens is 222 g/mol. The minimum atomic E-state index is 0.260. The van der Waals surface area contributed by atoms with Crippen LogP contribution in [-0.2, 0) is 0 Å². The van der Waals surface area contributed by atoms with E-state index in [1.807, 2.05) is 0 Å². The molecule has 102 valence electrons. The van der Waals surface area contributed by atoms with Crippen LogP contribution in [0.3, 0.4) is 0 Å². The zero-order valence-corrected chi connectivity index (χ0v) is 11.7. The smallest absolute Gasteiger partial charge is 0.0672 e. The summed E-state index contributed by atoms with van der Waals surface area (Å²) in [6, 6.07) is 2.95. The Labute approximate surface area is 112 Å². The molecule has 0 bridgehead atoms. The Balaban J connectivity index is 1.64. The number of hydrogen-bond donors (Lipinski definition) is 1.